The Labute approximate surface area is 108 Å². The van der Waals surface area contributed by atoms with Crippen molar-refractivity contribution in [3.05, 3.63) is 47.3 Å². The van der Waals surface area contributed by atoms with Crippen LogP contribution < -0.4 is 0 Å². The number of benzene rings is 1. The van der Waals surface area contributed by atoms with E-state index in [4.69, 9.17) is 5.11 Å². The topological polar surface area (TPSA) is 37.3 Å². The van der Waals surface area contributed by atoms with Crippen LogP contribution in [0.25, 0.3) is 12.2 Å². The average Bonchev–Trinajstić information content (AvgIpc) is 2.29. The lowest BCUT2D eigenvalue weighted by Gasteiger charge is -1.99. The minimum Gasteiger partial charge on any atom is -0.478 e. The summed E-state index contributed by atoms with van der Waals surface area (Å²) in [7, 11) is 0. The van der Waals surface area contributed by atoms with Crippen molar-refractivity contribution >= 4 is 34.1 Å². The van der Waals surface area contributed by atoms with Crippen LogP contribution in [0.2, 0.25) is 0 Å². The molecule has 1 aromatic rings. The first kappa shape index (κ1) is 13.6. The molecule has 0 aliphatic heterocycles. The van der Waals surface area contributed by atoms with Gasteiger partial charge < -0.3 is 5.11 Å². The van der Waals surface area contributed by atoms with Crippen LogP contribution in [0.4, 0.5) is 4.39 Å². The number of hydrogen-bond acceptors (Lipinski definition) is 1. The summed E-state index contributed by atoms with van der Waals surface area (Å²) >= 11 is 3.30. The van der Waals surface area contributed by atoms with Gasteiger partial charge in [0, 0.05) is 17.0 Å². The molecule has 0 saturated heterocycles. The molecule has 0 saturated carbocycles. The Morgan fingerprint density at radius 3 is 2.82 bits per heavy atom. The normalized spacial score (nSPS) is 11.4. The Hall–Kier alpha value is -1.42. The fourth-order valence-electron chi connectivity index (χ4n) is 1.24. The van der Waals surface area contributed by atoms with Crippen molar-refractivity contribution in [1.29, 1.82) is 0 Å². The third-order valence-corrected chi connectivity index (χ3v) is 2.47. The van der Waals surface area contributed by atoms with Crippen molar-refractivity contribution < 1.29 is 14.3 Å². The van der Waals surface area contributed by atoms with Crippen molar-refractivity contribution in [2.24, 2.45) is 0 Å². The number of hydrogen-bond donors (Lipinski definition) is 1. The molecule has 0 radical (unpaired) electrons. The summed E-state index contributed by atoms with van der Waals surface area (Å²) in [6, 6.07) is 4.59. The second-order valence-corrected chi connectivity index (χ2v) is 4.13. The summed E-state index contributed by atoms with van der Waals surface area (Å²) in [5.74, 6) is -1.52. The van der Waals surface area contributed by atoms with E-state index in [1.807, 2.05) is 12.2 Å². The van der Waals surface area contributed by atoms with Crippen molar-refractivity contribution in [2.75, 3.05) is 5.33 Å². The molecule has 4 heteroatoms. The maximum absolute atomic E-state index is 13.3. The van der Waals surface area contributed by atoms with Crippen LogP contribution in [0, 0.1) is 5.82 Å². The van der Waals surface area contributed by atoms with E-state index >= 15 is 0 Å². The first-order chi connectivity index (χ1) is 8.13. The number of rotatable bonds is 5. The molecule has 2 nitrogen and oxygen atoms in total. The van der Waals surface area contributed by atoms with Crippen LogP contribution in [0.3, 0.4) is 0 Å². The highest BCUT2D eigenvalue weighted by atomic mass is 79.9. The Morgan fingerprint density at radius 2 is 2.18 bits per heavy atom. The summed E-state index contributed by atoms with van der Waals surface area (Å²) in [4.78, 5) is 10.4. The Bertz CT molecular complexity index is 453. The quantitative estimate of drug-likeness (QED) is 0.664. The number of carbonyl (C=O) groups is 1. The molecule has 17 heavy (non-hydrogen) atoms. The number of carboxylic acids is 1. The standard InChI is InChI=1S/C13H12BrFO2/c14-8-2-1-3-10-4-6-12(15)11(9-10)5-7-13(16)17/h1,3-7,9H,2,8H2,(H,16,17)/b3-1?,7-5+. The number of aliphatic carboxylic acids is 1. The van der Waals surface area contributed by atoms with Gasteiger partial charge in [0.25, 0.3) is 0 Å². The van der Waals surface area contributed by atoms with Crippen LogP contribution in [-0.4, -0.2) is 16.4 Å². The summed E-state index contributed by atoms with van der Waals surface area (Å²) in [6.45, 7) is 0. The molecular weight excluding hydrogens is 287 g/mol. The van der Waals surface area contributed by atoms with Crippen LogP contribution in [0.15, 0.2) is 30.4 Å². The summed E-state index contributed by atoms with van der Waals surface area (Å²) in [5, 5.41) is 9.35. The van der Waals surface area contributed by atoms with E-state index in [1.54, 1.807) is 12.1 Å². The first-order valence-electron chi connectivity index (χ1n) is 5.06. The summed E-state index contributed by atoms with van der Waals surface area (Å²) in [6.07, 6.45) is 6.90. The second kappa shape index (κ2) is 7.01. The lowest BCUT2D eigenvalue weighted by Crippen LogP contribution is -1.88. The minimum absolute atomic E-state index is 0.272. The molecule has 0 bridgehead atoms. The zero-order valence-corrected chi connectivity index (χ0v) is 10.7. The smallest absolute Gasteiger partial charge is 0.328 e. The fraction of sp³-hybridized carbons (Fsp3) is 0.154. The summed E-state index contributed by atoms with van der Waals surface area (Å²) in [5.41, 5.74) is 1.12. The molecule has 0 spiro atoms. The third kappa shape index (κ3) is 4.95. The molecule has 90 valence electrons. The van der Waals surface area contributed by atoms with E-state index in [1.165, 1.54) is 12.1 Å². The molecule has 0 fully saturated rings. The molecule has 0 aliphatic carbocycles. The molecule has 0 atom stereocenters. The number of carboxylic acid groups (broad SMARTS) is 1. The Balaban J connectivity index is 2.90. The zero-order valence-electron chi connectivity index (χ0n) is 9.07. The lowest BCUT2D eigenvalue weighted by molar-refractivity contribution is -0.131. The van der Waals surface area contributed by atoms with Gasteiger partial charge in [-0.3, -0.25) is 0 Å². The van der Waals surface area contributed by atoms with Gasteiger partial charge in [0.1, 0.15) is 5.82 Å². The van der Waals surface area contributed by atoms with Crippen LogP contribution >= 0.6 is 15.9 Å². The lowest BCUT2D eigenvalue weighted by atomic mass is 10.1. The highest BCUT2D eigenvalue weighted by Gasteiger charge is 1.99. The molecule has 1 aromatic carbocycles. The average molecular weight is 299 g/mol. The number of halogens is 2. The van der Waals surface area contributed by atoms with Gasteiger partial charge in [-0.05, 0) is 30.2 Å². The van der Waals surface area contributed by atoms with E-state index in [2.05, 4.69) is 15.9 Å². The molecular formula is C13H12BrFO2. The molecule has 0 aliphatic rings. The van der Waals surface area contributed by atoms with E-state index in [0.717, 1.165) is 23.4 Å². The van der Waals surface area contributed by atoms with Crippen LogP contribution in [-0.2, 0) is 4.79 Å². The molecule has 1 N–H and O–H groups in total. The van der Waals surface area contributed by atoms with E-state index in [0.29, 0.717) is 0 Å². The van der Waals surface area contributed by atoms with Gasteiger partial charge in [0.15, 0.2) is 0 Å². The van der Waals surface area contributed by atoms with E-state index in [-0.39, 0.29) is 5.56 Å². The van der Waals surface area contributed by atoms with Crippen LogP contribution in [0.1, 0.15) is 17.5 Å². The predicted octanol–water partition coefficient (Wildman–Crippen LogP) is 3.72. The van der Waals surface area contributed by atoms with Crippen molar-refractivity contribution in [3.63, 3.8) is 0 Å². The minimum atomic E-state index is -1.09. The predicted molar refractivity (Wildman–Crippen MR) is 70.5 cm³/mol. The summed E-state index contributed by atoms with van der Waals surface area (Å²) < 4.78 is 13.3. The van der Waals surface area contributed by atoms with Gasteiger partial charge in [0.2, 0.25) is 0 Å². The van der Waals surface area contributed by atoms with Gasteiger partial charge in [-0.25, -0.2) is 9.18 Å². The van der Waals surface area contributed by atoms with Gasteiger partial charge in [0.05, 0.1) is 0 Å². The molecule has 0 heterocycles. The Kier molecular flexibility index (Phi) is 5.63. The van der Waals surface area contributed by atoms with E-state index in [9.17, 15) is 9.18 Å². The highest BCUT2D eigenvalue weighted by Crippen LogP contribution is 2.14. The SMILES string of the molecule is O=C(O)/C=C/c1cc(C=CCCBr)ccc1F. The number of alkyl halides is 1. The van der Waals surface area contributed by atoms with Crippen molar-refractivity contribution in [3.8, 4) is 0 Å². The maximum Gasteiger partial charge on any atom is 0.328 e. The van der Waals surface area contributed by atoms with Crippen LogP contribution in [0.5, 0.6) is 0 Å². The van der Waals surface area contributed by atoms with Gasteiger partial charge >= 0.3 is 5.97 Å². The molecule has 0 amide bonds. The largest absolute Gasteiger partial charge is 0.478 e. The zero-order chi connectivity index (χ0) is 12.7. The van der Waals surface area contributed by atoms with Gasteiger partial charge in [-0.2, -0.15) is 0 Å². The van der Waals surface area contributed by atoms with Crippen molar-refractivity contribution in [2.45, 2.75) is 6.42 Å². The molecule has 1 rings (SSSR count). The fourth-order valence-corrected chi connectivity index (χ4v) is 1.50. The second-order valence-electron chi connectivity index (χ2n) is 3.33. The molecule has 0 unspecified atom stereocenters. The number of allylic oxidation sites excluding steroid dienone is 1. The first-order valence-corrected chi connectivity index (χ1v) is 6.18. The van der Waals surface area contributed by atoms with E-state index < -0.39 is 11.8 Å². The van der Waals surface area contributed by atoms with Gasteiger partial charge in [-0.1, -0.05) is 34.1 Å². The monoisotopic (exact) mass is 298 g/mol. The maximum atomic E-state index is 13.3. The highest BCUT2D eigenvalue weighted by molar-refractivity contribution is 9.09. The third-order valence-electron chi connectivity index (χ3n) is 2.01. The Morgan fingerprint density at radius 1 is 1.41 bits per heavy atom. The molecule has 0 aromatic heterocycles. The van der Waals surface area contributed by atoms with Gasteiger partial charge in [-0.15, -0.1) is 0 Å². The van der Waals surface area contributed by atoms with Crippen molar-refractivity contribution in [1.82, 2.24) is 0 Å².